The van der Waals surface area contributed by atoms with Crippen molar-refractivity contribution in [3.8, 4) is 11.5 Å². The third-order valence-electron chi connectivity index (χ3n) is 6.67. The van der Waals surface area contributed by atoms with Crippen LogP contribution in [0.3, 0.4) is 0 Å². The molecule has 1 heterocycles. The number of hydrogen-bond acceptors (Lipinski definition) is 8. The number of hydrogen-bond donors (Lipinski definition) is 3. The molecule has 0 spiro atoms. The standard InChI is InChI=1S/C30H43N3O6/c1-30(2,3)38-20-27(29(35)36-4)33-28(34)13-12-26(21-14-16-37-17-15-21)32-19-22-18-24(10-11-25(22)31)39-23-8-6-5-7-9-23/h5-11,18,21,26-27,32H,12-17,19-20,31H2,1-4H3,(H,33,34)/t26-,27+/m0/s1. The highest BCUT2D eigenvalue weighted by atomic mass is 16.5. The van der Waals surface area contributed by atoms with Gasteiger partial charge < -0.3 is 35.3 Å². The molecule has 1 saturated heterocycles. The zero-order chi connectivity index (χ0) is 28.3. The number of para-hydroxylation sites is 1. The Morgan fingerprint density at radius 1 is 1.08 bits per heavy atom. The highest BCUT2D eigenvalue weighted by Gasteiger charge is 2.27. The summed E-state index contributed by atoms with van der Waals surface area (Å²) in [5, 5.41) is 6.42. The molecule has 1 amide bonds. The fourth-order valence-electron chi connectivity index (χ4n) is 4.48. The number of anilines is 1. The number of amides is 1. The number of esters is 1. The zero-order valence-corrected chi connectivity index (χ0v) is 23.5. The molecular formula is C30H43N3O6. The molecule has 0 aromatic heterocycles. The van der Waals surface area contributed by atoms with Crippen molar-refractivity contribution >= 4 is 17.6 Å². The summed E-state index contributed by atoms with van der Waals surface area (Å²) in [6.45, 7) is 7.66. The van der Waals surface area contributed by atoms with E-state index in [1.807, 2.05) is 69.3 Å². The van der Waals surface area contributed by atoms with Crippen LogP contribution in [0.2, 0.25) is 0 Å². The van der Waals surface area contributed by atoms with Gasteiger partial charge in [-0.2, -0.15) is 0 Å². The molecule has 0 bridgehead atoms. The lowest BCUT2D eigenvalue weighted by atomic mass is 9.88. The average Bonchev–Trinajstić information content (AvgIpc) is 2.92. The lowest BCUT2D eigenvalue weighted by Crippen LogP contribution is -2.46. The zero-order valence-electron chi connectivity index (χ0n) is 23.5. The summed E-state index contributed by atoms with van der Waals surface area (Å²) in [4.78, 5) is 25.1. The molecule has 0 radical (unpaired) electrons. The number of nitrogen functional groups attached to an aromatic ring is 1. The van der Waals surface area contributed by atoms with Gasteiger partial charge in [0.1, 0.15) is 11.5 Å². The summed E-state index contributed by atoms with van der Waals surface area (Å²) in [7, 11) is 1.30. The van der Waals surface area contributed by atoms with Gasteiger partial charge in [0.05, 0.1) is 19.3 Å². The lowest BCUT2D eigenvalue weighted by molar-refractivity contribution is -0.148. The van der Waals surface area contributed by atoms with Crippen molar-refractivity contribution in [2.45, 2.75) is 70.7 Å². The summed E-state index contributed by atoms with van der Waals surface area (Å²) in [6, 6.07) is 14.5. The number of benzene rings is 2. The van der Waals surface area contributed by atoms with E-state index in [1.54, 1.807) is 0 Å². The lowest BCUT2D eigenvalue weighted by Gasteiger charge is -2.31. The van der Waals surface area contributed by atoms with Crippen LogP contribution in [-0.2, 0) is 30.3 Å². The second kappa shape index (κ2) is 14.9. The Balaban J connectivity index is 1.62. The molecule has 0 aliphatic carbocycles. The molecule has 214 valence electrons. The summed E-state index contributed by atoms with van der Waals surface area (Å²) in [6.07, 6.45) is 2.68. The molecule has 1 fully saturated rings. The summed E-state index contributed by atoms with van der Waals surface area (Å²) in [5.41, 5.74) is 7.44. The smallest absolute Gasteiger partial charge is 0.330 e. The van der Waals surface area contributed by atoms with Gasteiger partial charge in [0, 0.05) is 37.9 Å². The number of rotatable bonds is 13. The SMILES string of the molecule is COC(=O)[C@@H](COC(C)(C)C)NC(=O)CC[C@H](NCc1cc(Oc2ccccc2)ccc1N)C1CCOCC1. The second-order valence-electron chi connectivity index (χ2n) is 10.8. The van der Waals surface area contributed by atoms with Gasteiger partial charge in [-0.3, -0.25) is 4.79 Å². The van der Waals surface area contributed by atoms with Crippen molar-refractivity contribution in [1.82, 2.24) is 10.6 Å². The van der Waals surface area contributed by atoms with E-state index < -0.39 is 17.6 Å². The van der Waals surface area contributed by atoms with Gasteiger partial charge in [0.2, 0.25) is 5.91 Å². The first-order valence-electron chi connectivity index (χ1n) is 13.6. The van der Waals surface area contributed by atoms with Crippen LogP contribution < -0.4 is 21.1 Å². The molecule has 2 atom stereocenters. The van der Waals surface area contributed by atoms with Gasteiger partial charge in [0.25, 0.3) is 0 Å². The fraction of sp³-hybridized carbons (Fsp3) is 0.533. The largest absolute Gasteiger partial charge is 0.467 e. The number of methoxy groups -OCH3 is 1. The minimum atomic E-state index is -0.858. The Morgan fingerprint density at radius 2 is 1.79 bits per heavy atom. The Labute approximate surface area is 231 Å². The van der Waals surface area contributed by atoms with Gasteiger partial charge in [-0.25, -0.2) is 4.79 Å². The Bertz CT molecular complexity index is 1050. The minimum Gasteiger partial charge on any atom is -0.467 e. The molecule has 1 aliphatic rings. The molecule has 0 saturated carbocycles. The van der Waals surface area contributed by atoms with Gasteiger partial charge in [0.15, 0.2) is 6.04 Å². The van der Waals surface area contributed by atoms with Crippen LogP contribution in [-0.4, -0.2) is 56.5 Å². The number of carbonyl (C=O) groups is 2. The van der Waals surface area contributed by atoms with E-state index in [9.17, 15) is 9.59 Å². The number of nitrogens with one attached hydrogen (secondary N) is 2. The first-order valence-corrected chi connectivity index (χ1v) is 13.6. The minimum absolute atomic E-state index is 0.0459. The van der Waals surface area contributed by atoms with Crippen LogP contribution in [0.1, 0.15) is 52.0 Å². The second-order valence-corrected chi connectivity index (χ2v) is 10.8. The van der Waals surface area contributed by atoms with Crippen LogP contribution >= 0.6 is 0 Å². The van der Waals surface area contributed by atoms with E-state index in [2.05, 4.69) is 10.6 Å². The highest BCUT2D eigenvalue weighted by Crippen LogP contribution is 2.27. The van der Waals surface area contributed by atoms with E-state index >= 15 is 0 Å². The quantitative estimate of drug-likeness (QED) is 0.255. The summed E-state index contributed by atoms with van der Waals surface area (Å²) >= 11 is 0. The Kier molecular flexibility index (Phi) is 11.6. The van der Waals surface area contributed by atoms with E-state index in [0.717, 1.165) is 24.2 Å². The first kappa shape index (κ1) is 30.4. The number of nitrogens with two attached hydrogens (primary N) is 1. The topological polar surface area (TPSA) is 121 Å². The normalized spacial score (nSPS) is 15.8. The Hall–Kier alpha value is -3.14. The van der Waals surface area contributed by atoms with E-state index in [0.29, 0.717) is 43.5 Å². The molecule has 9 nitrogen and oxygen atoms in total. The maximum atomic E-state index is 12.9. The summed E-state index contributed by atoms with van der Waals surface area (Å²) in [5.74, 6) is 1.07. The van der Waals surface area contributed by atoms with Crippen LogP contribution in [0.25, 0.3) is 0 Å². The summed E-state index contributed by atoms with van der Waals surface area (Å²) < 4.78 is 22.1. The third-order valence-corrected chi connectivity index (χ3v) is 6.67. The first-order chi connectivity index (χ1) is 18.6. The molecule has 1 aliphatic heterocycles. The maximum Gasteiger partial charge on any atom is 0.330 e. The van der Waals surface area contributed by atoms with Crippen molar-refractivity contribution in [3.63, 3.8) is 0 Å². The maximum absolute atomic E-state index is 12.9. The van der Waals surface area contributed by atoms with Crippen molar-refractivity contribution in [1.29, 1.82) is 0 Å². The highest BCUT2D eigenvalue weighted by molar-refractivity contribution is 5.84. The molecule has 39 heavy (non-hydrogen) atoms. The monoisotopic (exact) mass is 541 g/mol. The van der Waals surface area contributed by atoms with E-state index in [-0.39, 0.29) is 25.0 Å². The van der Waals surface area contributed by atoms with Crippen molar-refractivity contribution in [2.75, 3.05) is 32.7 Å². The number of carbonyl (C=O) groups excluding carboxylic acids is 2. The van der Waals surface area contributed by atoms with Gasteiger partial charge in [-0.1, -0.05) is 18.2 Å². The van der Waals surface area contributed by atoms with E-state index in [1.165, 1.54) is 7.11 Å². The Morgan fingerprint density at radius 3 is 2.46 bits per heavy atom. The molecule has 4 N–H and O–H groups in total. The van der Waals surface area contributed by atoms with Crippen LogP contribution in [0.5, 0.6) is 11.5 Å². The van der Waals surface area contributed by atoms with Crippen molar-refractivity contribution in [2.24, 2.45) is 5.92 Å². The fourth-order valence-corrected chi connectivity index (χ4v) is 4.48. The molecule has 2 aromatic rings. The molecule has 9 heteroatoms. The predicted molar refractivity (Wildman–Crippen MR) is 150 cm³/mol. The van der Waals surface area contributed by atoms with Gasteiger partial charge in [-0.05, 0) is 81.8 Å². The van der Waals surface area contributed by atoms with E-state index in [4.69, 9.17) is 24.7 Å². The van der Waals surface area contributed by atoms with Crippen molar-refractivity contribution in [3.05, 3.63) is 54.1 Å². The van der Waals surface area contributed by atoms with Crippen LogP contribution in [0, 0.1) is 5.92 Å². The molecular weight excluding hydrogens is 498 g/mol. The van der Waals surface area contributed by atoms with Gasteiger partial charge >= 0.3 is 5.97 Å². The third kappa shape index (κ3) is 10.5. The molecule has 0 unspecified atom stereocenters. The van der Waals surface area contributed by atoms with Crippen LogP contribution in [0.4, 0.5) is 5.69 Å². The molecule has 3 rings (SSSR count). The average molecular weight is 542 g/mol. The van der Waals surface area contributed by atoms with Crippen LogP contribution in [0.15, 0.2) is 48.5 Å². The number of ether oxygens (including phenoxy) is 4. The molecule has 2 aromatic carbocycles. The van der Waals surface area contributed by atoms with Crippen molar-refractivity contribution < 1.29 is 28.5 Å². The predicted octanol–water partition coefficient (Wildman–Crippen LogP) is 4.20. The van der Waals surface area contributed by atoms with Gasteiger partial charge in [-0.15, -0.1) is 0 Å².